The molecule has 0 saturated carbocycles. The number of carboxylic acids is 1. The van der Waals surface area contributed by atoms with Crippen molar-refractivity contribution >= 4 is 5.97 Å². The lowest BCUT2D eigenvalue weighted by atomic mass is 9.85. The normalized spacial score (nSPS) is 13.2. The van der Waals surface area contributed by atoms with Crippen LogP contribution in [0.1, 0.15) is 37.9 Å². The van der Waals surface area contributed by atoms with Gasteiger partial charge in [0.05, 0.1) is 0 Å². The fraction of sp³-hybridized carbons (Fsp3) is 0.417. The lowest BCUT2D eigenvalue weighted by Crippen LogP contribution is -2.13. The van der Waals surface area contributed by atoms with Crippen LogP contribution in [0.3, 0.4) is 0 Å². The van der Waals surface area contributed by atoms with E-state index in [1.807, 2.05) is 26.8 Å². The van der Waals surface area contributed by atoms with Crippen LogP contribution < -0.4 is 0 Å². The summed E-state index contributed by atoms with van der Waals surface area (Å²) in [6.45, 7) is 6.07. The standard InChI is InChI=1S/C12H15NO3/c1-12(2,3)9-6-4-5-8(7-9)10(13-16)11(14)15/h4-7,10H,1-3H3,(H,14,15). The number of carbonyl (C=O) groups is 1. The predicted molar refractivity (Wildman–Crippen MR) is 61.3 cm³/mol. The highest BCUT2D eigenvalue weighted by molar-refractivity contribution is 5.75. The van der Waals surface area contributed by atoms with Crippen molar-refractivity contribution < 1.29 is 9.90 Å². The molecule has 4 heteroatoms. The van der Waals surface area contributed by atoms with Crippen molar-refractivity contribution in [1.82, 2.24) is 0 Å². The van der Waals surface area contributed by atoms with E-state index in [1.165, 1.54) is 0 Å². The van der Waals surface area contributed by atoms with E-state index in [2.05, 4.69) is 5.18 Å². The molecule has 1 unspecified atom stereocenters. The molecule has 0 amide bonds. The lowest BCUT2D eigenvalue weighted by Gasteiger charge is -2.20. The van der Waals surface area contributed by atoms with Crippen LogP contribution in [0.4, 0.5) is 0 Å². The van der Waals surface area contributed by atoms with Gasteiger partial charge in [-0.3, -0.25) is 0 Å². The van der Waals surface area contributed by atoms with Gasteiger partial charge in [0.15, 0.2) is 0 Å². The number of carboxylic acid groups (broad SMARTS) is 1. The molecular weight excluding hydrogens is 206 g/mol. The summed E-state index contributed by atoms with van der Waals surface area (Å²) in [5.41, 5.74) is 1.33. The van der Waals surface area contributed by atoms with Crippen LogP contribution in [0.2, 0.25) is 0 Å². The highest BCUT2D eigenvalue weighted by Crippen LogP contribution is 2.26. The van der Waals surface area contributed by atoms with Crippen LogP contribution >= 0.6 is 0 Å². The molecule has 1 aromatic carbocycles. The number of benzene rings is 1. The number of nitroso groups, excluding NO2 is 1. The summed E-state index contributed by atoms with van der Waals surface area (Å²) in [6, 6.07) is 5.67. The van der Waals surface area contributed by atoms with E-state index >= 15 is 0 Å². The van der Waals surface area contributed by atoms with Crippen LogP contribution in [0.25, 0.3) is 0 Å². The number of aliphatic carboxylic acids is 1. The second-order valence-electron chi connectivity index (χ2n) is 4.72. The molecule has 1 atom stereocenters. The minimum Gasteiger partial charge on any atom is -0.479 e. The smallest absolute Gasteiger partial charge is 0.336 e. The maximum atomic E-state index is 10.8. The summed E-state index contributed by atoms with van der Waals surface area (Å²) in [6.07, 6.45) is 0. The second kappa shape index (κ2) is 4.43. The average molecular weight is 221 g/mol. The average Bonchev–Trinajstić information content (AvgIpc) is 2.17. The first-order chi connectivity index (χ1) is 7.36. The van der Waals surface area contributed by atoms with Crippen molar-refractivity contribution in [2.24, 2.45) is 5.18 Å². The molecule has 16 heavy (non-hydrogen) atoms. The Balaban J connectivity index is 3.16. The lowest BCUT2D eigenvalue weighted by molar-refractivity contribution is -0.138. The first kappa shape index (κ1) is 12.4. The molecule has 0 aliphatic rings. The summed E-state index contributed by atoms with van der Waals surface area (Å²) in [5.74, 6) is -1.22. The van der Waals surface area contributed by atoms with Gasteiger partial charge in [0.25, 0.3) is 0 Å². The molecule has 1 N–H and O–H groups in total. The number of hydrogen-bond donors (Lipinski definition) is 1. The Morgan fingerprint density at radius 1 is 1.38 bits per heavy atom. The predicted octanol–water partition coefficient (Wildman–Crippen LogP) is 2.88. The first-order valence-corrected chi connectivity index (χ1v) is 5.02. The molecule has 0 aromatic heterocycles. The molecule has 0 aliphatic carbocycles. The Hall–Kier alpha value is -1.71. The van der Waals surface area contributed by atoms with Gasteiger partial charge >= 0.3 is 5.97 Å². The Morgan fingerprint density at radius 2 is 2.00 bits per heavy atom. The molecule has 0 heterocycles. The minimum atomic E-state index is -1.32. The van der Waals surface area contributed by atoms with Crippen molar-refractivity contribution in [2.75, 3.05) is 0 Å². The van der Waals surface area contributed by atoms with Gasteiger partial charge in [0.1, 0.15) is 0 Å². The maximum Gasteiger partial charge on any atom is 0.336 e. The van der Waals surface area contributed by atoms with Crippen LogP contribution in [0.5, 0.6) is 0 Å². The van der Waals surface area contributed by atoms with Gasteiger partial charge in [-0.1, -0.05) is 45.0 Å². The van der Waals surface area contributed by atoms with E-state index in [0.29, 0.717) is 5.56 Å². The Labute approximate surface area is 94.3 Å². The molecule has 0 aliphatic heterocycles. The molecule has 1 rings (SSSR count). The second-order valence-corrected chi connectivity index (χ2v) is 4.72. The van der Waals surface area contributed by atoms with E-state index in [1.54, 1.807) is 18.2 Å². The van der Waals surface area contributed by atoms with Gasteiger partial charge < -0.3 is 5.11 Å². The Bertz CT molecular complexity index is 407. The highest BCUT2D eigenvalue weighted by Gasteiger charge is 2.22. The molecule has 0 radical (unpaired) electrons. The summed E-state index contributed by atoms with van der Waals surface area (Å²) in [5, 5.41) is 11.5. The Kier molecular flexibility index (Phi) is 3.42. The summed E-state index contributed by atoms with van der Waals surface area (Å²) >= 11 is 0. The number of nitrogens with zero attached hydrogens (tertiary/aromatic N) is 1. The molecule has 1 aromatic rings. The molecule has 0 spiro atoms. The van der Waals surface area contributed by atoms with Crippen molar-refractivity contribution in [3.8, 4) is 0 Å². The zero-order valence-corrected chi connectivity index (χ0v) is 9.60. The van der Waals surface area contributed by atoms with Gasteiger partial charge in [-0.15, -0.1) is 4.91 Å². The van der Waals surface area contributed by atoms with Crippen LogP contribution in [0, 0.1) is 4.91 Å². The number of rotatable bonds is 3. The quantitative estimate of drug-likeness (QED) is 0.798. The monoisotopic (exact) mass is 221 g/mol. The molecule has 4 nitrogen and oxygen atoms in total. The van der Waals surface area contributed by atoms with Gasteiger partial charge in [0, 0.05) is 0 Å². The van der Waals surface area contributed by atoms with E-state index in [-0.39, 0.29) is 5.41 Å². The van der Waals surface area contributed by atoms with E-state index in [9.17, 15) is 9.70 Å². The molecule has 0 bridgehead atoms. The summed E-state index contributed by atoms with van der Waals surface area (Å²) in [7, 11) is 0. The zero-order valence-electron chi connectivity index (χ0n) is 9.60. The third-order valence-electron chi connectivity index (χ3n) is 2.41. The first-order valence-electron chi connectivity index (χ1n) is 5.02. The van der Waals surface area contributed by atoms with Crippen LogP contribution in [0.15, 0.2) is 29.4 Å². The van der Waals surface area contributed by atoms with Gasteiger partial charge in [-0.05, 0) is 21.7 Å². The molecule has 0 fully saturated rings. The fourth-order valence-electron chi connectivity index (χ4n) is 1.42. The Morgan fingerprint density at radius 3 is 2.44 bits per heavy atom. The van der Waals surface area contributed by atoms with Crippen LogP contribution in [-0.2, 0) is 10.2 Å². The van der Waals surface area contributed by atoms with Gasteiger partial charge in [-0.25, -0.2) is 4.79 Å². The van der Waals surface area contributed by atoms with Crippen molar-refractivity contribution in [3.05, 3.63) is 40.3 Å². The number of hydrogen-bond acceptors (Lipinski definition) is 3. The minimum absolute atomic E-state index is 0.0814. The van der Waals surface area contributed by atoms with Gasteiger partial charge in [-0.2, -0.15) is 0 Å². The summed E-state index contributed by atoms with van der Waals surface area (Å²) < 4.78 is 0. The largest absolute Gasteiger partial charge is 0.479 e. The van der Waals surface area contributed by atoms with Crippen molar-refractivity contribution in [2.45, 2.75) is 32.2 Å². The van der Waals surface area contributed by atoms with Crippen molar-refractivity contribution in [1.29, 1.82) is 0 Å². The topological polar surface area (TPSA) is 66.7 Å². The summed E-state index contributed by atoms with van der Waals surface area (Å²) in [4.78, 5) is 21.3. The van der Waals surface area contributed by atoms with E-state index in [4.69, 9.17) is 5.11 Å². The third kappa shape index (κ3) is 2.66. The van der Waals surface area contributed by atoms with Gasteiger partial charge in [0.2, 0.25) is 6.04 Å². The van der Waals surface area contributed by atoms with Crippen LogP contribution in [-0.4, -0.2) is 11.1 Å². The van der Waals surface area contributed by atoms with Crippen molar-refractivity contribution in [3.63, 3.8) is 0 Å². The highest BCUT2D eigenvalue weighted by atomic mass is 16.4. The van der Waals surface area contributed by atoms with E-state index < -0.39 is 12.0 Å². The SMILES string of the molecule is CC(C)(C)c1cccc(C(N=O)C(=O)O)c1. The fourth-order valence-corrected chi connectivity index (χ4v) is 1.42. The molecule has 86 valence electrons. The maximum absolute atomic E-state index is 10.8. The van der Waals surface area contributed by atoms with E-state index in [0.717, 1.165) is 5.56 Å². The zero-order chi connectivity index (χ0) is 12.3. The molecular formula is C12H15NO3. The third-order valence-corrected chi connectivity index (χ3v) is 2.41. The molecule has 0 saturated heterocycles.